The Morgan fingerprint density at radius 3 is 2.45 bits per heavy atom. The fourth-order valence-electron chi connectivity index (χ4n) is 1.82. The van der Waals surface area contributed by atoms with E-state index < -0.39 is 10.0 Å². The molecule has 0 atom stereocenters. The zero-order chi connectivity index (χ0) is 14.6. The number of halogens is 1. The minimum Gasteiger partial charge on any atom is -0.282 e. The van der Waals surface area contributed by atoms with E-state index in [0.29, 0.717) is 12.1 Å². The quantitative estimate of drug-likeness (QED) is 0.889. The molecule has 5 heteroatoms. The van der Waals surface area contributed by atoms with Gasteiger partial charge in [0.15, 0.2) is 0 Å². The van der Waals surface area contributed by atoms with Gasteiger partial charge in [-0.05, 0) is 52.5 Å². The highest BCUT2D eigenvalue weighted by atomic mass is 79.9. The van der Waals surface area contributed by atoms with Crippen molar-refractivity contribution >= 4 is 31.6 Å². The molecule has 0 bridgehead atoms. The third kappa shape index (κ3) is 4.35. The van der Waals surface area contributed by atoms with Gasteiger partial charge < -0.3 is 0 Å². The normalized spacial score (nSPS) is 11.3. The van der Waals surface area contributed by atoms with Crippen LogP contribution < -0.4 is 4.72 Å². The lowest BCUT2D eigenvalue weighted by Gasteiger charge is -2.10. The van der Waals surface area contributed by atoms with Gasteiger partial charge in [0.05, 0.1) is 11.4 Å². The van der Waals surface area contributed by atoms with Crippen molar-refractivity contribution in [1.82, 2.24) is 0 Å². The highest BCUT2D eigenvalue weighted by Gasteiger charge is 2.12. The summed E-state index contributed by atoms with van der Waals surface area (Å²) in [6.45, 7) is 1.96. The Labute approximate surface area is 128 Å². The number of hydrogen-bond donors (Lipinski definition) is 1. The molecule has 3 nitrogen and oxygen atoms in total. The Morgan fingerprint density at radius 1 is 1.10 bits per heavy atom. The maximum absolute atomic E-state index is 12.1. The van der Waals surface area contributed by atoms with E-state index in [1.807, 2.05) is 49.4 Å². The Balaban J connectivity index is 2.04. The monoisotopic (exact) mass is 353 g/mol. The van der Waals surface area contributed by atoms with Gasteiger partial charge in [-0.1, -0.05) is 36.4 Å². The first-order valence-corrected chi connectivity index (χ1v) is 8.71. The van der Waals surface area contributed by atoms with Crippen LogP contribution in [0.1, 0.15) is 11.1 Å². The fraction of sp³-hybridized carbons (Fsp3) is 0.200. The summed E-state index contributed by atoms with van der Waals surface area (Å²) in [6, 6.07) is 15.1. The van der Waals surface area contributed by atoms with Crippen LogP contribution in [0.4, 0.5) is 5.69 Å². The van der Waals surface area contributed by atoms with Gasteiger partial charge in [0.25, 0.3) is 0 Å². The molecule has 0 amide bonds. The average Bonchev–Trinajstić information content (AvgIpc) is 2.41. The molecule has 2 aromatic rings. The highest BCUT2D eigenvalue weighted by molar-refractivity contribution is 9.10. The summed E-state index contributed by atoms with van der Waals surface area (Å²) < 4.78 is 27.5. The molecule has 1 N–H and O–H groups in total. The summed E-state index contributed by atoms with van der Waals surface area (Å²) in [4.78, 5) is 0. The van der Waals surface area contributed by atoms with Crippen LogP contribution in [0.5, 0.6) is 0 Å². The first kappa shape index (κ1) is 15.1. The lowest BCUT2D eigenvalue weighted by atomic mass is 10.2. The van der Waals surface area contributed by atoms with Gasteiger partial charge >= 0.3 is 0 Å². The summed E-state index contributed by atoms with van der Waals surface area (Å²) in [5, 5.41) is 0. The van der Waals surface area contributed by atoms with Gasteiger partial charge in [-0.2, -0.15) is 0 Å². The maximum atomic E-state index is 12.1. The number of hydrogen-bond acceptors (Lipinski definition) is 2. The van der Waals surface area contributed by atoms with Crippen LogP contribution in [0, 0.1) is 6.92 Å². The zero-order valence-electron chi connectivity index (χ0n) is 11.1. The van der Waals surface area contributed by atoms with E-state index in [-0.39, 0.29) is 5.75 Å². The summed E-state index contributed by atoms with van der Waals surface area (Å²) in [6.07, 6.45) is 0.500. The number of aryl methyl sites for hydroxylation is 2. The van der Waals surface area contributed by atoms with E-state index in [4.69, 9.17) is 0 Å². The van der Waals surface area contributed by atoms with E-state index in [0.717, 1.165) is 15.6 Å². The van der Waals surface area contributed by atoms with Crippen LogP contribution in [-0.2, 0) is 16.4 Å². The molecule has 0 aliphatic carbocycles. The van der Waals surface area contributed by atoms with Crippen LogP contribution in [0.3, 0.4) is 0 Å². The van der Waals surface area contributed by atoms with Crippen molar-refractivity contribution in [2.45, 2.75) is 13.3 Å². The lowest BCUT2D eigenvalue weighted by molar-refractivity contribution is 0.600. The van der Waals surface area contributed by atoms with Crippen molar-refractivity contribution in [1.29, 1.82) is 0 Å². The van der Waals surface area contributed by atoms with Crippen LogP contribution in [-0.4, -0.2) is 14.2 Å². The largest absolute Gasteiger partial charge is 0.282 e. The Hall–Kier alpha value is -1.33. The van der Waals surface area contributed by atoms with Crippen molar-refractivity contribution in [3.63, 3.8) is 0 Å². The van der Waals surface area contributed by atoms with Gasteiger partial charge in [-0.3, -0.25) is 4.72 Å². The van der Waals surface area contributed by atoms with Crippen LogP contribution in [0.15, 0.2) is 53.0 Å². The predicted molar refractivity (Wildman–Crippen MR) is 86.4 cm³/mol. The van der Waals surface area contributed by atoms with Crippen molar-refractivity contribution in [2.24, 2.45) is 0 Å². The molecule has 0 spiro atoms. The average molecular weight is 354 g/mol. The molecule has 0 saturated carbocycles. The third-order valence-corrected chi connectivity index (χ3v) is 4.82. The van der Waals surface area contributed by atoms with Crippen molar-refractivity contribution < 1.29 is 8.42 Å². The molecule has 0 saturated heterocycles. The Bertz CT molecular complexity index is 684. The van der Waals surface area contributed by atoms with E-state index in [2.05, 4.69) is 20.7 Å². The Morgan fingerprint density at radius 2 is 1.80 bits per heavy atom. The zero-order valence-corrected chi connectivity index (χ0v) is 13.5. The molecule has 106 valence electrons. The Kier molecular flexibility index (Phi) is 4.83. The molecule has 0 aliphatic heterocycles. The second-order valence-corrected chi connectivity index (χ2v) is 7.34. The molecule has 0 aliphatic rings. The standard InChI is InChI=1S/C15H16BrNO2S/c1-12-7-8-15(14(16)11-12)17-20(18,19)10-9-13-5-3-2-4-6-13/h2-8,11,17H,9-10H2,1H3. The molecule has 2 aromatic carbocycles. The van der Waals surface area contributed by atoms with Gasteiger partial charge in [-0.15, -0.1) is 0 Å². The van der Waals surface area contributed by atoms with Crippen molar-refractivity contribution in [2.75, 3.05) is 10.5 Å². The first-order chi connectivity index (χ1) is 9.46. The molecule has 2 rings (SSSR count). The van der Waals surface area contributed by atoms with E-state index in [1.165, 1.54) is 0 Å². The summed E-state index contributed by atoms with van der Waals surface area (Å²) in [5.74, 6) is 0.0668. The topological polar surface area (TPSA) is 46.2 Å². The molecule has 0 aromatic heterocycles. The minimum absolute atomic E-state index is 0.0668. The van der Waals surface area contributed by atoms with Gasteiger partial charge in [0.1, 0.15) is 0 Å². The van der Waals surface area contributed by atoms with Crippen LogP contribution in [0.2, 0.25) is 0 Å². The number of anilines is 1. The van der Waals surface area contributed by atoms with Gasteiger partial charge in [0.2, 0.25) is 10.0 Å². The molecule has 0 fully saturated rings. The summed E-state index contributed by atoms with van der Waals surface area (Å²) in [7, 11) is -3.35. The minimum atomic E-state index is -3.35. The number of rotatable bonds is 5. The summed E-state index contributed by atoms with van der Waals surface area (Å²) >= 11 is 3.37. The fourth-order valence-corrected chi connectivity index (χ4v) is 3.66. The molecule has 0 heterocycles. The SMILES string of the molecule is Cc1ccc(NS(=O)(=O)CCc2ccccc2)c(Br)c1. The number of sulfonamides is 1. The molecular weight excluding hydrogens is 338 g/mol. The maximum Gasteiger partial charge on any atom is 0.233 e. The molecule has 0 radical (unpaired) electrons. The number of benzene rings is 2. The van der Waals surface area contributed by atoms with Gasteiger partial charge in [-0.25, -0.2) is 8.42 Å². The molecule has 0 unspecified atom stereocenters. The van der Waals surface area contributed by atoms with Crippen molar-refractivity contribution in [3.8, 4) is 0 Å². The number of nitrogens with one attached hydrogen (secondary N) is 1. The summed E-state index contributed by atoms with van der Waals surface area (Å²) in [5.41, 5.74) is 2.66. The first-order valence-electron chi connectivity index (χ1n) is 6.27. The van der Waals surface area contributed by atoms with Crippen molar-refractivity contribution in [3.05, 3.63) is 64.1 Å². The second kappa shape index (κ2) is 6.41. The van der Waals surface area contributed by atoms with Crippen LogP contribution in [0.25, 0.3) is 0 Å². The molecule has 20 heavy (non-hydrogen) atoms. The predicted octanol–water partition coefficient (Wildman–Crippen LogP) is 3.74. The lowest BCUT2D eigenvalue weighted by Crippen LogP contribution is -2.18. The second-order valence-electron chi connectivity index (χ2n) is 4.64. The van der Waals surface area contributed by atoms with Crippen LogP contribution >= 0.6 is 15.9 Å². The molecular formula is C15H16BrNO2S. The third-order valence-electron chi connectivity index (χ3n) is 2.89. The van der Waals surface area contributed by atoms with E-state index in [1.54, 1.807) is 6.07 Å². The van der Waals surface area contributed by atoms with E-state index >= 15 is 0 Å². The highest BCUT2D eigenvalue weighted by Crippen LogP contribution is 2.24. The van der Waals surface area contributed by atoms with E-state index in [9.17, 15) is 8.42 Å². The van der Waals surface area contributed by atoms with Gasteiger partial charge in [0, 0.05) is 4.47 Å². The smallest absolute Gasteiger partial charge is 0.233 e.